The maximum absolute atomic E-state index is 10.6. The first-order chi connectivity index (χ1) is 5.18. The summed E-state index contributed by atoms with van der Waals surface area (Å²) in [5.74, 6) is 0.0569. The normalized spacial score (nSPS) is 13.0. The standard InChI is InChI=1S/C8H16O3/c1-4-10-5-6-11-8(3)7(2)9/h8H,4-6H2,1-3H3. The Bertz CT molecular complexity index is 112. The van der Waals surface area contributed by atoms with Gasteiger partial charge in [-0.1, -0.05) is 0 Å². The van der Waals surface area contributed by atoms with Crippen LogP contribution in [0.3, 0.4) is 0 Å². The molecule has 0 aromatic heterocycles. The molecule has 1 atom stereocenters. The Labute approximate surface area is 67.7 Å². The SMILES string of the molecule is CCOCCOC(C)C(C)=O. The summed E-state index contributed by atoms with van der Waals surface area (Å²) in [6.45, 7) is 6.94. The zero-order chi connectivity index (χ0) is 8.69. The van der Waals surface area contributed by atoms with Crippen molar-refractivity contribution in [2.45, 2.75) is 26.9 Å². The summed E-state index contributed by atoms with van der Waals surface area (Å²) >= 11 is 0. The lowest BCUT2D eigenvalue weighted by Gasteiger charge is -2.08. The second-order valence-corrected chi connectivity index (χ2v) is 2.32. The average molecular weight is 160 g/mol. The van der Waals surface area contributed by atoms with E-state index in [2.05, 4.69) is 0 Å². The molecular weight excluding hydrogens is 144 g/mol. The van der Waals surface area contributed by atoms with Crippen molar-refractivity contribution < 1.29 is 14.3 Å². The maximum Gasteiger partial charge on any atom is 0.158 e. The highest BCUT2D eigenvalue weighted by molar-refractivity contribution is 5.79. The summed E-state index contributed by atoms with van der Waals surface area (Å²) in [6, 6.07) is 0. The Morgan fingerprint density at radius 3 is 2.55 bits per heavy atom. The summed E-state index contributed by atoms with van der Waals surface area (Å²) in [4.78, 5) is 10.6. The van der Waals surface area contributed by atoms with Crippen molar-refractivity contribution in [3.8, 4) is 0 Å². The lowest BCUT2D eigenvalue weighted by molar-refractivity contribution is -0.128. The Morgan fingerprint density at radius 1 is 1.45 bits per heavy atom. The van der Waals surface area contributed by atoms with Crippen LogP contribution in [0.1, 0.15) is 20.8 Å². The molecule has 0 saturated heterocycles. The van der Waals surface area contributed by atoms with E-state index in [-0.39, 0.29) is 11.9 Å². The van der Waals surface area contributed by atoms with Crippen molar-refractivity contribution in [1.29, 1.82) is 0 Å². The summed E-state index contributed by atoms with van der Waals surface area (Å²) in [6.07, 6.45) is -0.296. The molecule has 0 rings (SSSR count). The largest absolute Gasteiger partial charge is 0.379 e. The van der Waals surface area contributed by atoms with Gasteiger partial charge in [0.15, 0.2) is 5.78 Å². The molecule has 66 valence electrons. The van der Waals surface area contributed by atoms with Gasteiger partial charge in [-0.3, -0.25) is 4.79 Å². The number of rotatable bonds is 6. The highest BCUT2D eigenvalue weighted by Gasteiger charge is 2.05. The molecule has 0 amide bonds. The van der Waals surface area contributed by atoms with Crippen molar-refractivity contribution in [2.75, 3.05) is 19.8 Å². The summed E-state index contributed by atoms with van der Waals surface area (Å²) in [5, 5.41) is 0. The Morgan fingerprint density at radius 2 is 2.09 bits per heavy atom. The topological polar surface area (TPSA) is 35.5 Å². The quantitative estimate of drug-likeness (QED) is 0.544. The lowest BCUT2D eigenvalue weighted by atomic mass is 10.3. The van der Waals surface area contributed by atoms with E-state index in [9.17, 15) is 4.79 Å². The van der Waals surface area contributed by atoms with Gasteiger partial charge < -0.3 is 9.47 Å². The Hall–Kier alpha value is -0.410. The van der Waals surface area contributed by atoms with E-state index in [0.29, 0.717) is 19.8 Å². The van der Waals surface area contributed by atoms with Gasteiger partial charge in [0.25, 0.3) is 0 Å². The molecule has 0 radical (unpaired) electrons. The van der Waals surface area contributed by atoms with Gasteiger partial charge in [-0.15, -0.1) is 0 Å². The number of Topliss-reactive ketones (excluding diaryl/α,β-unsaturated/α-hetero) is 1. The number of hydrogen-bond acceptors (Lipinski definition) is 3. The molecule has 0 N–H and O–H groups in total. The third-order valence-electron chi connectivity index (χ3n) is 1.37. The molecule has 0 bridgehead atoms. The van der Waals surface area contributed by atoms with E-state index in [1.54, 1.807) is 6.92 Å². The van der Waals surface area contributed by atoms with Crippen LogP contribution in [0.25, 0.3) is 0 Å². The van der Waals surface area contributed by atoms with Crippen LogP contribution in [0.5, 0.6) is 0 Å². The van der Waals surface area contributed by atoms with Gasteiger partial charge >= 0.3 is 0 Å². The fourth-order valence-electron chi connectivity index (χ4n) is 0.546. The number of ketones is 1. The maximum atomic E-state index is 10.6. The molecule has 3 nitrogen and oxygen atoms in total. The van der Waals surface area contributed by atoms with Crippen LogP contribution >= 0.6 is 0 Å². The van der Waals surface area contributed by atoms with Gasteiger partial charge in [0.1, 0.15) is 6.10 Å². The van der Waals surface area contributed by atoms with E-state index in [0.717, 1.165) is 0 Å². The molecule has 0 aromatic rings. The van der Waals surface area contributed by atoms with Gasteiger partial charge in [0, 0.05) is 6.61 Å². The number of ether oxygens (including phenoxy) is 2. The average Bonchev–Trinajstić information content (AvgIpc) is 1.97. The smallest absolute Gasteiger partial charge is 0.158 e. The van der Waals surface area contributed by atoms with Crippen LogP contribution < -0.4 is 0 Å². The Kier molecular flexibility index (Phi) is 6.07. The fourth-order valence-corrected chi connectivity index (χ4v) is 0.546. The lowest BCUT2D eigenvalue weighted by Crippen LogP contribution is -2.19. The molecule has 3 heteroatoms. The molecule has 0 spiro atoms. The van der Waals surface area contributed by atoms with Crippen molar-refractivity contribution >= 4 is 5.78 Å². The molecule has 0 fully saturated rings. The van der Waals surface area contributed by atoms with Crippen LogP contribution in [0.2, 0.25) is 0 Å². The molecule has 0 aliphatic carbocycles. The van der Waals surface area contributed by atoms with E-state index in [1.165, 1.54) is 6.92 Å². The summed E-state index contributed by atoms with van der Waals surface area (Å²) in [5.41, 5.74) is 0. The highest BCUT2D eigenvalue weighted by atomic mass is 16.5. The van der Waals surface area contributed by atoms with Crippen LogP contribution in [0, 0.1) is 0 Å². The molecular formula is C8H16O3. The van der Waals surface area contributed by atoms with Gasteiger partial charge in [-0.2, -0.15) is 0 Å². The molecule has 0 saturated carbocycles. The van der Waals surface area contributed by atoms with Crippen LogP contribution in [0.4, 0.5) is 0 Å². The van der Waals surface area contributed by atoms with E-state index >= 15 is 0 Å². The van der Waals surface area contributed by atoms with Crippen molar-refractivity contribution in [2.24, 2.45) is 0 Å². The monoisotopic (exact) mass is 160 g/mol. The minimum Gasteiger partial charge on any atom is -0.379 e. The van der Waals surface area contributed by atoms with Gasteiger partial charge in [0.05, 0.1) is 13.2 Å². The van der Waals surface area contributed by atoms with Crippen molar-refractivity contribution in [3.05, 3.63) is 0 Å². The number of carbonyl (C=O) groups is 1. The molecule has 0 aromatic carbocycles. The second-order valence-electron chi connectivity index (χ2n) is 2.32. The number of hydrogen-bond donors (Lipinski definition) is 0. The van der Waals surface area contributed by atoms with E-state index in [1.807, 2.05) is 6.92 Å². The fraction of sp³-hybridized carbons (Fsp3) is 0.875. The molecule has 0 heterocycles. The van der Waals surface area contributed by atoms with Crippen LogP contribution in [-0.2, 0) is 14.3 Å². The molecule has 11 heavy (non-hydrogen) atoms. The van der Waals surface area contributed by atoms with E-state index in [4.69, 9.17) is 9.47 Å². The van der Waals surface area contributed by atoms with E-state index < -0.39 is 0 Å². The number of carbonyl (C=O) groups excluding carboxylic acids is 1. The van der Waals surface area contributed by atoms with Gasteiger partial charge in [-0.05, 0) is 20.8 Å². The van der Waals surface area contributed by atoms with Crippen LogP contribution in [-0.4, -0.2) is 31.7 Å². The minimum atomic E-state index is -0.296. The predicted octanol–water partition coefficient (Wildman–Crippen LogP) is 1.02. The third kappa shape index (κ3) is 6.01. The third-order valence-corrected chi connectivity index (χ3v) is 1.37. The first-order valence-corrected chi connectivity index (χ1v) is 3.88. The first kappa shape index (κ1) is 10.6. The zero-order valence-electron chi connectivity index (χ0n) is 7.42. The first-order valence-electron chi connectivity index (χ1n) is 3.88. The van der Waals surface area contributed by atoms with Gasteiger partial charge in [-0.25, -0.2) is 0 Å². The minimum absolute atomic E-state index is 0.0569. The van der Waals surface area contributed by atoms with Crippen LogP contribution in [0.15, 0.2) is 0 Å². The Balaban J connectivity index is 3.17. The highest BCUT2D eigenvalue weighted by Crippen LogP contribution is 1.91. The summed E-state index contributed by atoms with van der Waals surface area (Å²) in [7, 11) is 0. The van der Waals surface area contributed by atoms with Gasteiger partial charge in [0.2, 0.25) is 0 Å². The van der Waals surface area contributed by atoms with Crippen molar-refractivity contribution in [3.63, 3.8) is 0 Å². The predicted molar refractivity (Wildman–Crippen MR) is 42.6 cm³/mol. The second kappa shape index (κ2) is 6.31. The zero-order valence-corrected chi connectivity index (χ0v) is 7.42. The molecule has 0 aliphatic heterocycles. The summed E-state index contributed by atoms with van der Waals surface area (Å²) < 4.78 is 10.2. The molecule has 0 aliphatic rings. The molecule has 1 unspecified atom stereocenters. The van der Waals surface area contributed by atoms with Crippen molar-refractivity contribution in [1.82, 2.24) is 0 Å².